The van der Waals surface area contributed by atoms with Gasteiger partial charge in [-0.05, 0) is 24.6 Å². The first-order valence-electron chi connectivity index (χ1n) is 7.33. The van der Waals surface area contributed by atoms with E-state index in [1.54, 1.807) is 0 Å². The Morgan fingerprint density at radius 3 is 2.86 bits per heavy atom. The predicted molar refractivity (Wildman–Crippen MR) is 80.5 cm³/mol. The number of rotatable bonds is 4. The fourth-order valence-electron chi connectivity index (χ4n) is 2.38. The van der Waals surface area contributed by atoms with E-state index >= 15 is 0 Å². The number of imidazole rings is 1. The molecule has 0 aliphatic carbocycles. The molecule has 1 aromatic carbocycles. The van der Waals surface area contributed by atoms with E-state index in [0.717, 1.165) is 36.9 Å². The second-order valence-corrected chi connectivity index (χ2v) is 5.31. The van der Waals surface area contributed by atoms with Crippen molar-refractivity contribution in [2.24, 2.45) is 7.05 Å². The highest BCUT2D eigenvalue weighted by Gasteiger charge is 2.13. The monoisotopic (exact) mass is 287 g/mol. The van der Waals surface area contributed by atoms with Gasteiger partial charge in [-0.25, -0.2) is 4.98 Å². The van der Waals surface area contributed by atoms with Gasteiger partial charge in [0.25, 0.3) is 0 Å². The predicted octanol–water partition coefficient (Wildman–Crippen LogP) is 2.43. The Morgan fingerprint density at radius 2 is 2.10 bits per heavy atom. The molecule has 1 atom stereocenters. The first kappa shape index (κ1) is 13.9. The van der Waals surface area contributed by atoms with Crippen LogP contribution in [-0.4, -0.2) is 22.8 Å². The van der Waals surface area contributed by atoms with E-state index in [1.807, 2.05) is 30.1 Å². The zero-order chi connectivity index (χ0) is 14.7. The van der Waals surface area contributed by atoms with Crippen molar-refractivity contribution in [3.63, 3.8) is 0 Å². The highest BCUT2D eigenvalue weighted by Crippen LogP contribution is 2.32. The molecule has 5 nitrogen and oxygen atoms in total. The average Bonchev–Trinajstić information content (AvgIpc) is 2.76. The molecule has 0 saturated heterocycles. The number of nitrogens with one attached hydrogen (secondary N) is 1. The van der Waals surface area contributed by atoms with Gasteiger partial charge in [-0.2, -0.15) is 0 Å². The molecule has 112 valence electrons. The van der Waals surface area contributed by atoms with Crippen LogP contribution >= 0.6 is 0 Å². The molecule has 0 saturated carbocycles. The summed E-state index contributed by atoms with van der Waals surface area (Å²) in [5, 5.41) is 3.48. The van der Waals surface area contributed by atoms with Crippen molar-refractivity contribution in [1.29, 1.82) is 0 Å². The van der Waals surface area contributed by atoms with Crippen molar-refractivity contribution in [2.45, 2.75) is 25.9 Å². The highest BCUT2D eigenvalue weighted by molar-refractivity contribution is 5.44. The summed E-state index contributed by atoms with van der Waals surface area (Å²) < 4.78 is 13.4. The third kappa shape index (κ3) is 3.19. The first-order chi connectivity index (χ1) is 10.2. The zero-order valence-corrected chi connectivity index (χ0v) is 12.5. The van der Waals surface area contributed by atoms with Gasteiger partial charge in [0, 0.05) is 31.9 Å². The molecule has 0 spiro atoms. The summed E-state index contributed by atoms with van der Waals surface area (Å²) in [7, 11) is 2.00. The summed E-state index contributed by atoms with van der Waals surface area (Å²) in [6, 6.07) is 6.37. The Morgan fingerprint density at radius 1 is 1.29 bits per heavy atom. The van der Waals surface area contributed by atoms with Crippen LogP contribution in [0.5, 0.6) is 11.5 Å². The Hall–Kier alpha value is -2.01. The van der Waals surface area contributed by atoms with Crippen LogP contribution in [-0.2, 0) is 13.6 Å². The fourth-order valence-corrected chi connectivity index (χ4v) is 2.38. The summed E-state index contributed by atoms with van der Waals surface area (Å²) in [5.41, 5.74) is 1.19. The van der Waals surface area contributed by atoms with Crippen LogP contribution in [0.25, 0.3) is 0 Å². The van der Waals surface area contributed by atoms with Crippen LogP contribution in [0.1, 0.15) is 30.8 Å². The van der Waals surface area contributed by atoms with Gasteiger partial charge in [0.2, 0.25) is 0 Å². The molecule has 1 aliphatic rings. The van der Waals surface area contributed by atoms with Crippen LogP contribution in [0.4, 0.5) is 0 Å². The summed E-state index contributed by atoms with van der Waals surface area (Å²) in [6.45, 7) is 4.31. The number of hydrogen-bond donors (Lipinski definition) is 1. The molecular weight excluding hydrogens is 266 g/mol. The van der Waals surface area contributed by atoms with Gasteiger partial charge >= 0.3 is 0 Å². The summed E-state index contributed by atoms with van der Waals surface area (Å²) >= 11 is 0. The van der Waals surface area contributed by atoms with E-state index in [2.05, 4.69) is 29.4 Å². The Labute approximate surface area is 124 Å². The first-order valence-corrected chi connectivity index (χ1v) is 7.33. The number of aromatic nitrogens is 2. The molecule has 2 aromatic rings. The minimum Gasteiger partial charge on any atom is -0.490 e. The van der Waals surface area contributed by atoms with E-state index < -0.39 is 0 Å². The van der Waals surface area contributed by atoms with Crippen molar-refractivity contribution in [2.75, 3.05) is 13.2 Å². The van der Waals surface area contributed by atoms with Crippen molar-refractivity contribution >= 4 is 0 Å². The van der Waals surface area contributed by atoms with E-state index in [-0.39, 0.29) is 6.04 Å². The van der Waals surface area contributed by atoms with Crippen LogP contribution in [0.3, 0.4) is 0 Å². The van der Waals surface area contributed by atoms with E-state index in [4.69, 9.17) is 9.47 Å². The molecule has 0 fully saturated rings. The second kappa shape index (κ2) is 6.18. The standard InChI is InChI=1S/C16H21N3O2/c1-12(18-11-16-17-6-7-19(16)2)13-4-5-14-15(10-13)21-9-3-8-20-14/h4-7,10,12,18H,3,8-9,11H2,1-2H3. The SMILES string of the molecule is CC(NCc1nccn1C)c1ccc2c(c1)OCCCO2. The van der Waals surface area contributed by atoms with Gasteiger partial charge < -0.3 is 19.4 Å². The minimum absolute atomic E-state index is 0.221. The van der Waals surface area contributed by atoms with E-state index in [9.17, 15) is 0 Å². The van der Waals surface area contributed by atoms with Crippen molar-refractivity contribution in [3.05, 3.63) is 42.0 Å². The maximum absolute atomic E-state index is 5.74. The topological polar surface area (TPSA) is 48.3 Å². The van der Waals surface area contributed by atoms with Gasteiger partial charge in [0.15, 0.2) is 11.5 Å². The largest absolute Gasteiger partial charge is 0.490 e. The van der Waals surface area contributed by atoms with Gasteiger partial charge in [-0.1, -0.05) is 6.07 Å². The van der Waals surface area contributed by atoms with Crippen molar-refractivity contribution in [3.8, 4) is 11.5 Å². The summed E-state index contributed by atoms with van der Waals surface area (Å²) in [6.07, 6.45) is 4.70. The van der Waals surface area contributed by atoms with Gasteiger partial charge in [-0.3, -0.25) is 0 Å². The zero-order valence-electron chi connectivity index (χ0n) is 12.5. The van der Waals surface area contributed by atoms with Gasteiger partial charge in [-0.15, -0.1) is 0 Å². The highest BCUT2D eigenvalue weighted by atomic mass is 16.5. The molecule has 5 heteroatoms. The molecule has 1 N–H and O–H groups in total. The Bertz CT molecular complexity index is 609. The number of fused-ring (bicyclic) bond motifs is 1. The molecular formula is C16H21N3O2. The number of ether oxygens (including phenoxy) is 2. The molecule has 21 heavy (non-hydrogen) atoms. The van der Waals surface area contributed by atoms with Crippen LogP contribution in [0.2, 0.25) is 0 Å². The molecule has 1 unspecified atom stereocenters. The van der Waals surface area contributed by atoms with Gasteiger partial charge in [0.1, 0.15) is 5.82 Å². The Kier molecular flexibility index (Phi) is 4.10. The van der Waals surface area contributed by atoms with Gasteiger partial charge in [0.05, 0.1) is 19.8 Å². The third-order valence-electron chi connectivity index (χ3n) is 3.76. The maximum atomic E-state index is 5.74. The smallest absolute Gasteiger partial charge is 0.161 e. The Balaban J connectivity index is 1.68. The van der Waals surface area contributed by atoms with Crippen LogP contribution in [0.15, 0.2) is 30.6 Å². The lowest BCUT2D eigenvalue weighted by Crippen LogP contribution is -2.20. The van der Waals surface area contributed by atoms with E-state index in [1.165, 1.54) is 5.56 Å². The molecule has 0 bridgehead atoms. The lowest BCUT2D eigenvalue weighted by Gasteiger charge is -2.16. The molecule has 1 aromatic heterocycles. The lowest BCUT2D eigenvalue weighted by atomic mass is 10.1. The average molecular weight is 287 g/mol. The molecule has 3 rings (SSSR count). The normalized spacial score (nSPS) is 15.5. The number of hydrogen-bond acceptors (Lipinski definition) is 4. The van der Waals surface area contributed by atoms with E-state index in [0.29, 0.717) is 6.61 Å². The minimum atomic E-state index is 0.221. The fraction of sp³-hybridized carbons (Fsp3) is 0.438. The molecule has 0 radical (unpaired) electrons. The van der Waals surface area contributed by atoms with Crippen molar-refractivity contribution < 1.29 is 9.47 Å². The second-order valence-electron chi connectivity index (χ2n) is 5.31. The molecule has 1 aliphatic heterocycles. The number of nitrogens with zero attached hydrogens (tertiary/aromatic N) is 2. The quantitative estimate of drug-likeness (QED) is 0.938. The maximum Gasteiger partial charge on any atom is 0.161 e. The lowest BCUT2D eigenvalue weighted by molar-refractivity contribution is 0.297. The van der Waals surface area contributed by atoms with Crippen LogP contribution in [0, 0.1) is 0 Å². The third-order valence-corrected chi connectivity index (χ3v) is 3.76. The molecule has 2 heterocycles. The summed E-state index contributed by atoms with van der Waals surface area (Å²) in [5.74, 6) is 2.71. The van der Waals surface area contributed by atoms with Crippen LogP contribution < -0.4 is 14.8 Å². The molecule has 0 amide bonds. The number of benzene rings is 1. The summed E-state index contributed by atoms with van der Waals surface area (Å²) in [4.78, 5) is 4.32. The number of aryl methyl sites for hydroxylation is 1. The van der Waals surface area contributed by atoms with Crippen molar-refractivity contribution in [1.82, 2.24) is 14.9 Å².